The van der Waals surface area contributed by atoms with Gasteiger partial charge in [0.15, 0.2) is 0 Å². The van der Waals surface area contributed by atoms with E-state index in [1.165, 1.54) is 19.4 Å². The number of rotatable bonds is 4. The highest BCUT2D eigenvalue weighted by molar-refractivity contribution is 5.90. The minimum absolute atomic E-state index is 0.143. The molecule has 1 amide bonds. The molecule has 1 atom stereocenters. The number of aromatic nitrogens is 2. The van der Waals surface area contributed by atoms with Crippen LogP contribution in [0.1, 0.15) is 17.0 Å². The van der Waals surface area contributed by atoms with Crippen molar-refractivity contribution in [2.75, 3.05) is 25.1 Å². The van der Waals surface area contributed by atoms with Gasteiger partial charge < -0.3 is 20.1 Å². The smallest absolute Gasteiger partial charge is 0.376 e. The quantitative estimate of drug-likeness (QED) is 0.681. The van der Waals surface area contributed by atoms with Crippen molar-refractivity contribution >= 4 is 23.7 Å². The lowest BCUT2D eigenvalue weighted by molar-refractivity contribution is -0.139. The highest BCUT2D eigenvalue weighted by atomic mass is 16.5. The Hall–Kier alpha value is -2.71. The first kappa shape index (κ1) is 14.7. The van der Waals surface area contributed by atoms with Gasteiger partial charge in [0.05, 0.1) is 13.5 Å². The van der Waals surface area contributed by atoms with Gasteiger partial charge in [0.2, 0.25) is 11.7 Å². The van der Waals surface area contributed by atoms with E-state index < -0.39 is 18.0 Å². The summed E-state index contributed by atoms with van der Waals surface area (Å²) in [7, 11) is 1.21. The van der Waals surface area contributed by atoms with Crippen molar-refractivity contribution in [1.29, 1.82) is 0 Å². The van der Waals surface area contributed by atoms with Crippen molar-refractivity contribution in [3.05, 3.63) is 18.1 Å². The molecule has 0 bridgehead atoms. The predicted molar refractivity (Wildman–Crippen MR) is 69.8 cm³/mol. The highest BCUT2D eigenvalue weighted by Crippen LogP contribution is 2.18. The zero-order valence-corrected chi connectivity index (χ0v) is 11.3. The fourth-order valence-electron chi connectivity index (χ4n) is 2.06. The third-order valence-corrected chi connectivity index (χ3v) is 3.00. The number of carboxylic acids is 1. The lowest BCUT2D eigenvalue weighted by atomic mass is 10.1. The summed E-state index contributed by atoms with van der Waals surface area (Å²) in [6, 6.07) is 0.636. The van der Waals surface area contributed by atoms with Gasteiger partial charge in [-0.2, -0.15) is 0 Å². The molecule has 1 aromatic heterocycles. The van der Waals surface area contributed by atoms with E-state index in [0.717, 1.165) is 0 Å². The minimum Gasteiger partial charge on any atom is -0.481 e. The van der Waals surface area contributed by atoms with E-state index in [1.807, 2.05) is 0 Å². The minimum atomic E-state index is -1.09. The molecular formula is C12H14N4O5. The Morgan fingerprint density at radius 2 is 2.33 bits per heavy atom. The first-order valence-corrected chi connectivity index (χ1v) is 6.20. The maximum atomic E-state index is 11.8. The second-order valence-electron chi connectivity index (χ2n) is 4.33. The summed E-state index contributed by atoms with van der Waals surface area (Å²) >= 11 is 0. The van der Waals surface area contributed by atoms with E-state index in [9.17, 15) is 14.4 Å². The molecule has 0 spiro atoms. The number of esters is 1. The normalized spacial score (nSPS) is 18.0. The van der Waals surface area contributed by atoms with Gasteiger partial charge in [0.1, 0.15) is 11.9 Å². The number of hydrogen-bond acceptors (Lipinski definition) is 7. The van der Waals surface area contributed by atoms with E-state index in [2.05, 4.69) is 20.0 Å². The lowest BCUT2D eigenvalue weighted by Crippen LogP contribution is -2.56. The largest absolute Gasteiger partial charge is 0.481 e. The molecule has 9 nitrogen and oxygen atoms in total. The summed E-state index contributed by atoms with van der Waals surface area (Å²) in [4.78, 5) is 43.5. The molecule has 0 aliphatic carbocycles. The molecule has 1 aliphatic rings. The number of ether oxygens (including phenoxy) is 1. The number of nitrogens with one attached hydrogen (secondary N) is 1. The van der Waals surface area contributed by atoms with Crippen LogP contribution in [-0.2, 0) is 14.3 Å². The van der Waals surface area contributed by atoms with Gasteiger partial charge in [0.25, 0.3) is 0 Å². The number of hydrogen-bond donors (Lipinski definition) is 2. The van der Waals surface area contributed by atoms with E-state index >= 15 is 0 Å². The molecule has 0 aromatic carbocycles. The van der Waals surface area contributed by atoms with Crippen LogP contribution in [0.4, 0.5) is 5.82 Å². The molecule has 1 fully saturated rings. The predicted octanol–water partition coefficient (Wildman–Crippen LogP) is -0.957. The van der Waals surface area contributed by atoms with Gasteiger partial charge in [-0.05, 0) is 6.07 Å². The third kappa shape index (κ3) is 3.25. The SMILES string of the molecule is COC(=O)c1nccc(N2CCNC(=O)C2CC(=O)O)n1. The van der Waals surface area contributed by atoms with Crippen LogP contribution in [0.5, 0.6) is 0 Å². The zero-order chi connectivity index (χ0) is 15.4. The second kappa shape index (κ2) is 6.16. The van der Waals surface area contributed by atoms with E-state index in [1.54, 1.807) is 4.90 Å². The number of carboxylic acid groups (broad SMARTS) is 1. The fourth-order valence-corrected chi connectivity index (χ4v) is 2.06. The summed E-state index contributed by atoms with van der Waals surface area (Å²) < 4.78 is 4.54. The molecular weight excluding hydrogens is 280 g/mol. The first-order chi connectivity index (χ1) is 10.0. The van der Waals surface area contributed by atoms with Crippen LogP contribution in [0.2, 0.25) is 0 Å². The van der Waals surface area contributed by atoms with Gasteiger partial charge in [-0.3, -0.25) is 9.59 Å². The number of methoxy groups -OCH3 is 1. The van der Waals surface area contributed by atoms with Crippen LogP contribution < -0.4 is 10.2 Å². The molecule has 0 saturated carbocycles. The average Bonchev–Trinajstić information content (AvgIpc) is 2.48. The Morgan fingerprint density at radius 3 is 3.00 bits per heavy atom. The summed E-state index contributed by atoms with van der Waals surface area (Å²) in [6.07, 6.45) is 1.00. The van der Waals surface area contributed by atoms with Crippen LogP contribution in [0, 0.1) is 0 Å². The molecule has 0 radical (unpaired) electrons. The van der Waals surface area contributed by atoms with Crippen LogP contribution in [0.15, 0.2) is 12.3 Å². The standard InChI is InChI=1S/C12H14N4O5/c1-21-12(20)10-13-3-2-8(15-10)16-5-4-14-11(19)7(16)6-9(17)18/h2-3,7H,4-6H2,1H3,(H,14,19)(H,17,18). The average molecular weight is 294 g/mol. The fraction of sp³-hybridized carbons (Fsp3) is 0.417. The van der Waals surface area contributed by atoms with Crippen molar-refractivity contribution in [2.24, 2.45) is 0 Å². The van der Waals surface area contributed by atoms with Gasteiger partial charge in [-0.1, -0.05) is 0 Å². The lowest BCUT2D eigenvalue weighted by Gasteiger charge is -2.35. The van der Waals surface area contributed by atoms with E-state index in [4.69, 9.17) is 5.11 Å². The van der Waals surface area contributed by atoms with Crippen LogP contribution in [0.3, 0.4) is 0 Å². The molecule has 2 heterocycles. The van der Waals surface area contributed by atoms with Crippen LogP contribution in [-0.4, -0.2) is 59.2 Å². The number of carbonyl (C=O) groups is 3. The van der Waals surface area contributed by atoms with E-state index in [-0.39, 0.29) is 18.2 Å². The molecule has 1 saturated heterocycles. The maximum Gasteiger partial charge on any atom is 0.376 e. The summed E-state index contributed by atoms with van der Waals surface area (Å²) in [5.41, 5.74) is 0. The molecule has 2 rings (SSSR count). The van der Waals surface area contributed by atoms with Gasteiger partial charge in [0, 0.05) is 19.3 Å². The van der Waals surface area contributed by atoms with Crippen molar-refractivity contribution < 1.29 is 24.2 Å². The van der Waals surface area contributed by atoms with Crippen LogP contribution in [0.25, 0.3) is 0 Å². The summed E-state index contributed by atoms with van der Waals surface area (Å²) in [5.74, 6) is -2.01. The van der Waals surface area contributed by atoms with Crippen molar-refractivity contribution in [1.82, 2.24) is 15.3 Å². The van der Waals surface area contributed by atoms with Crippen molar-refractivity contribution in [2.45, 2.75) is 12.5 Å². The molecule has 21 heavy (non-hydrogen) atoms. The third-order valence-electron chi connectivity index (χ3n) is 3.00. The molecule has 2 N–H and O–H groups in total. The Bertz CT molecular complexity index is 577. The number of anilines is 1. The second-order valence-corrected chi connectivity index (χ2v) is 4.33. The molecule has 1 unspecified atom stereocenters. The van der Waals surface area contributed by atoms with Crippen molar-refractivity contribution in [3.63, 3.8) is 0 Å². The highest BCUT2D eigenvalue weighted by Gasteiger charge is 2.32. The molecule has 1 aliphatic heterocycles. The van der Waals surface area contributed by atoms with Crippen molar-refractivity contribution in [3.8, 4) is 0 Å². The number of nitrogens with zero attached hydrogens (tertiary/aromatic N) is 3. The number of piperazine rings is 1. The molecule has 9 heteroatoms. The van der Waals surface area contributed by atoms with E-state index in [0.29, 0.717) is 18.9 Å². The zero-order valence-electron chi connectivity index (χ0n) is 11.3. The molecule has 112 valence electrons. The number of carbonyl (C=O) groups excluding carboxylic acids is 2. The van der Waals surface area contributed by atoms with Gasteiger partial charge in [-0.15, -0.1) is 0 Å². The summed E-state index contributed by atoms with van der Waals surface area (Å²) in [5, 5.41) is 11.5. The number of aliphatic carboxylic acids is 1. The number of amides is 1. The Morgan fingerprint density at radius 1 is 1.57 bits per heavy atom. The Kier molecular flexibility index (Phi) is 4.31. The van der Waals surface area contributed by atoms with Gasteiger partial charge in [-0.25, -0.2) is 14.8 Å². The monoisotopic (exact) mass is 294 g/mol. The molecule has 1 aromatic rings. The maximum absolute atomic E-state index is 11.8. The topological polar surface area (TPSA) is 122 Å². The van der Waals surface area contributed by atoms with Gasteiger partial charge >= 0.3 is 11.9 Å². The Balaban J connectivity index is 2.31. The summed E-state index contributed by atoms with van der Waals surface area (Å²) in [6.45, 7) is 0.758. The van der Waals surface area contributed by atoms with Crippen LogP contribution >= 0.6 is 0 Å². The first-order valence-electron chi connectivity index (χ1n) is 6.20. The Labute approximate surface area is 119 Å².